The molecule has 2 aliphatic heterocycles. The summed E-state index contributed by atoms with van der Waals surface area (Å²) in [6, 6.07) is 22.0. The Labute approximate surface area is 352 Å². The fraction of sp³-hybridized carbons (Fsp3) is 0.239. The number of thiophene rings is 2. The van der Waals surface area contributed by atoms with Crippen LogP contribution in [0, 0.1) is 23.2 Å². The molecule has 0 bridgehead atoms. The third-order valence-electron chi connectivity index (χ3n) is 11.7. The van der Waals surface area contributed by atoms with Crippen molar-refractivity contribution in [3.63, 3.8) is 0 Å². The standard InChI is InChI=1S/C27H21N5OS.C19H16N4O2S/c28-12-17-3-1-2-16(8-17)9-23(33)18-5-7-22-24(11-18)34-27-25(22)26(30-15-31-27)32-21-6-4-19-13-29-14-20(19)10-21;24-19(25)10-2-4-14-15(6-10)26-18-16(14)17(21-9-22-18)23-13-3-1-11-7-20-8-12(11)5-13/h1-4,6,8,10,14-15,18H,5,7,9,11,13H2,(H,30,31,32);1,3,5,8-10H,2,4,6-7H2,(H,24,25)(H,21,22,23). The lowest BCUT2D eigenvalue weighted by Gasteiger charge is -2.21. The predicted octanol–water partition coefficient (Wildman–Crippen LogP) is 8.71. The van der Waals surface area contributed by atoms with E-state index in [2.05, 4.69) is 77.0 Å². The van der Waals surface area contributed by atoms with Gasteiger partial charge in [-0.15, -0.1) is 22.7 Å². The summed E-state index contributed by atoms with van der Waals surface area (Å²) < 4.78 is 0. The van der Waals surface area contributed by atoms with E-state index in [1.165, 1.54) is 27.1 Å². The van der Waals surface area contributed by atoms with Crippen LogP contribution in [0.1, 0.15) is 67.1 Å². The number of nitrogens with one attached hydrogen (secondary N) is 2. The van der Waals surface area contributed by atoms with Crippen molar-refractivity contribution in [1.82, 2.24) is 19.9 Å². The van der Waals surface area contributed by atoms with Gasteiger partial charge >= 0.3 is 5.97 Å². The van der Waals surface area contributed by atoms with Gasteiger partial charge in [0.1, 0.15) is 39.7 Å². The predicted molar refractivity (Wildman–Crippen MR) is 235 cm³/mol. The average molecular weight is 828 g/mol. The maximum absolute atomic E-state index is 13.1. The smallest absolute Gasteiger partial charge is 0.306 e. The van der Waals surface area contributed by atoms with E-state index in [9.17, 15) is 14.7 Å². The number of carboxylic acids is 1. The number of aromatic nitrogens is 4. The number of anilines is 4. The van der Waals surface area contributed by atoms with Crippen LogP contribution < -0.4 is 10.6 Å². The SMILES string of the molecule is N#Cc1cccc(CC(=O)C2CCc3c(sc4ncnc(Nc5ccc6c(c5)C=NC6)c34)C2)c1.O=C(O)C1CCc2c(sc3ncnc(Nc4ccc5c(c4)C=NC5)c23)C1. The molecule has 0 saturated heterocycles. The number of benzene rings is 3. The summed E-state index contributed by atoms with van der Waals surface area (Å²) in [4.78, 5) is 55.2. The van der Waals surface area contributed by atoms with Crippen molar-refractivity contribution in [2.45, 2.75) is 58.0 Å². The van der Waals surface area contributed by atoms with Crippen molar-refractivity contribution in [3.05, 3.63) is 128 Å². The van der Waals surface area contributed by atoms with Gasteiger partial charge in [0.05, 0.1) is 41.4 Å². The molecule has 0 saturated carbocycles. The number of fused-ring (bicyclic) bond motifs is 8. The molecule has 0 spiro atoms. The number of carboxylic acid groups (broad SMARTS) is 1. The summed E-state index contributed by atoms with van der Waals surface area (Å²) in [5, 5.41) is 27.5. The van der Waals surface area contributed by atoms with Gasteiger partial charge in [-0.2, -0.15) is 5.26 Å². The number of Topliss-reactive ketones (excluding diaryl/α,β-unsaturated/α-hetero) is 1. The number of aryl methyl sites for hydroxylation is 2. The first kappa shape index (κ1) is 37.6. The van der Waals surface area contributed by atoms with E-state index in [0.717, 1.165) is 104 Å². The van der Waals surface area contributed by atoms with E-state index in [0.29, 0.717) is 24.8 Å². The lowest BCUT2D eigenvalue weighted by molar-refractivity contribution is -0.142. The van der Waals surface area contributed by atoms with Crippen LogP contribution in [0.15, 0.2) is 83.3 Å². The second-order valence-electron chi connectivity index (χ2n) is 15.5. The zero-order valence-electron chi connectivity index (χ0n) is 32.3. The fourth-order valence-electron chi connectivity index (χ4n) is 8.62. The van der Waals surface area contributed by atoms with E-state index in [1.807, 2.05) is 36.7 Å². The number of carbonyl (C=O) groups excluding carboxylic acids is 1. The third-order valence-corrected chi connectivity index (χ3v) is 14.1. The van der Waals surface area contributed by atoms with E-state index in [1.54, 1.807) is 41.4 Å². The Balaban J connectivity index is 0.000000149. The molecule has 60 heavy (non-hydrogen) atoms. The number of nitrogens with zero attached hydrogens (tertiary/aromatic N) is 7. The maximum atomic E-state index is 13.1. The molecule has 0 fully saturated rings. The van der Waals surface area contributed by atoms with Crippen molar-refractivity contribution < 1.29 is 14.7 Å². The highest BCUT2D eigenvalue weighted by Gasteiger charge is 2.30. The average Bonchev–Trinajstić information content (AvgIpc) is 4.08. The number of hydrogen-bond acceptors (Lipinski definition) is 13. The van der Waals surface area contributed by atoms with Crippen LogP contribution in [0.2, 0.25) is 0 Å². The normalized spacial score (nSPS) is 16.9. The molecule has 3 aromatic carbocycles. The second kappa shape index (κ2) is 15.8. The van der Waals surface area contributed by atoms with Crippen LogP contribution >= 0.6 is 22.7 Å². The molecule has 0 radical (unpaired) electrons. The number of aliphatic carboxylic acids is 1. The van der Waals surface area contributed by atoms with E-state index < -0.39 is 5.97 Å². The summed E-state index contributed by atoms with van der Waals surface area (Å²) >= 11 is 3.26. The molecule has 4 aliphatic rings. The van der Waals surface area contributed by atoms with Crippen LogP contribution in [0.3, 0.4) is 0 Å². The molecule has 12 nitrogen and oxygen atoms in total. The number of aliphatic imine (C=N–C) groups is 2. The number of ketones is 1. The molecule has 6 heterocycles. The molecule has 11 rings (SSSR count). The minimum absolute atomic E-state index is 0.00771. The maximum Gasteiger partial charge on any atom is 0.306 e. The van der Waals surface area contributed by atoms with E-state index in [4.69, 9.17) is 5.26 Å². The van der Waals surface area contributed by atoms with Crippen LogP contribution in [0.4, 0.5) is 23.0 Å². The van der Waals surface area contributed by atoms with Gasteiger partial charge in [-0.1, -0.05) is 24.3 Å². The zero-order chi connectivity index (χ0) is 40.7. The molecular weight excluding hydrogens is 791 g/mol. The summed E-state index contributed by atoms with van der Waals surface area (Å²) in [5.41, 5.74) is 10.7. The van der Waals surface area contributed by atoms with Gasteiger partial charge in [0, 0.05) is 45.9 Å². The number of carbonyl (C=O) groups is 2. The highest BCUT2D eigenvalue weighted by atomic mass is 32.1. The first-order valence-corrected chi connectivity index (χ1v) is 21.5. The Morgan fingerprint density at radius 3 is 1.87 bits per heavy atom. The van der Waals surface area contributed by atoms with Gasteiger partial charge in [0.2, 0.25) is 0 Å². The molecule has 3 N–H and O–H groups in total. The molecular formula is C46H37N9O3S2. The molecule has 2 aliphatic carbocycles. The first-order valence-electron chi connectivity index (χ1n) is 19.9. The van der Waals surface area contributed by atoms with Crippen molar-refractivity contribution in [1.29, 1.82) is 5.26 Å². The number of rotatable bonds is 8. The highest BCUT2D eigenvalue weighted by molar-refractivity contribution is 7.19. The van der Waals surface area contributed by atoms with Crippen LogP contribution in [0.25, 0.3) is 20.4 Å². The number of hydrogen-bond donors (Lipinski definition) is 3. The minimum atomic E-state index is -0.711. The lowest BCUT2D eigenvalue weighted by atomic mass is 9.83. The topological polar surface area (TPSA) is 178 Å². The van der Waals surface area contributed by atoms with Gasteiger partial charge in [-0.3, -0.25) is 19.6 Å². The van der Waals surface area contributed by atoms with E-state index in [-0.39, 0.29) is 17.6 Å². The minimum Gasteiger partial charge on any atom is -0.481 e. The van der Waals surface area contributed by atoms with Crippen molar-refractivity contribution >= 4 is 90.3 Å². The molecule has 0 amide bonds. The van der Waals surface area contributed by atoms with Gasteiger partial charge < -0.3 is 15.7 Å². The van der Waals surface area contributed by atoms with Crippen LogP contribution in [0.5, 0.6) is 0 Å². The monoisotopic (exact) mass is 827 g/mol. The Kier molecular flexibility index (Phi) is 9.90. The molecule has 296 valence electrons. The Morgan fingerprint density at radius 2 is 1.30 bits per heavy atom. The third kappa shape index (κ3) is 7.31. The summed E-state index contributed by atoms with van der Waals surface area (Å²) in [6.07, 6.45) is 11.7. The summed E-state index contributed by atoms with van der Waals surface area (Å²) in [7, 11) is 0. The largest absolute Gasteiger partial charge is 0.481 e. The Hall–Kier alpha value is -6.69. The zero-order valence-corrected chi connectivity index (χ0v) is 33.9. The Morgan fingerprint density at radius 1 is 0.733 bits per heavy atom. The highest BCUT2D eigenvalue weighted by Crippen LogP contribution is 2.42. The molecule has 7 aromatic rings. The summed E-state index contributed by atoms with van der Waals surface area (Å²) in [5.74, 6) is 0.828. The van der Waals surface area contributed by atoms with Crippen LogP contribution in [-0.4, -0.2) is 49.2 Å². The molecule has 2 atom stereocenters. The Bertz CT molecular complexity index is 2980. The van der Waals surface area contributed by atoms with Crippen molar-refractivity contribution in [3.8, 4) is 6.07 Å². The number of nitriles is 1. The van der Waals surface area contributed by atoms with Gasteiger partial charge in [-0.05, 0) is 114 Å². The second-order valence-corrected chi connectivity index (χ2v) is 17.7. The molecule has 4 aromatic heterocycles. The first-order chi connectivity index (χ1) is 29.4. The molecule has 2 unspecified atom stereocenters. The van der Waals surface area contributed by atoms with Crippen molar-refractivity contribution in [2.24, 2.45) is 21.8 Å². The fourth-order valence-corrected chi connectivity index (χ4v) is 11.2. The quantitative estimate of drug-likeness (QED) is 0.134. The molecule has 14 heteroatoms. The van der Waals surface area contributed by atoms with Gasteiger partial charge in [0.25, 0.3) is 0 Å². The van der Waals surface area contributed by atoms with Crippen molar-refractivity contribution in [2.75, 3.05) is 10.6 Å². The van der Waals surface area contributed by atoms with Gasteiger partial charge in [0.15, 0.2) is 0 Å². The lowest BCUT2D eigenvalue weighted by Crippen LogP contribution is -2.23. The summed E-state index contributed by atoms with van der Waals surface area (Å²) in [6.45, 7) is 1.49. The van der Waals surface area contributed by atoms with E-state index >= 15 is 0 Å². The van der Waals surface area contributed by atoms with Crippen LogP contribution in [-0.2, 0) is 54.8 Å². The van der Waals surface area contributed by atoms with Gasteiger partial charge in [-0.25, -0.2) is 19.9 Å².